The van der Waals surface area contributed by atoms with Gasteiger partial charge in [0.2, 0.25) is 0 Å². The first kappa shape index (κ1) is 15.4. The summed E-state index contributed by atoms with van der Waals surface area (Å²) in [6.45, 7) is 4.84. The second-order valence-electron chi connectivity index (χ2n) is 4.38. The fourth-order valence-electron chi connectivity index (χ4n) is 1.97. The second-order valence-corrected chi connectivity index (χ2v) is 6.15. The summed E-state index contributed by atoms with van der Waals surface area (Å²) < 4.78 is 3.42. The van der Waals surface area contributed by atoms with E-state index in [1.807, 2.05) is 23.7 Å². The standard InChI is InChI=1S/C14H15Br2N3O/c1-3-10-6-11(19(4-2)18-10)7-13(20)14-12(16)5-9(15)8-17-14/h5-6,8H,3-4,7H2,1-2H3. The number of rotatable bonds is 5. The fraction of sp³-hybridized carbons (Fsp3) is 0.357. The van der Waals surface area contributed by atoms with Crippen LogP contribution in [0.15, 0.2) is 27.3 Å². The fourth-order valence-corrected chi connectivity index (χ4v) is 3.18. The number of aryl methyl sites for hydroxylation is 2. The molecule has 0 aliphatic carbocycles. The molecule has 0 aliphatic rings. The van der Waals surface area contributed by atoms with Crippen LogP contribution in [0.4, 0.5) is 0 Å². The maximum Gasteiger partial charge on any atom is 0.188 e. The molecule has 2 rings (SSSR count). The van der Waals surface area contributed by atoms with E-state index in [0.717, 1.165) is 28.8 Å². The van der Waals surface area contributed by atoms with Gasteiger partial charge in [0.1, 0.15) is 5.69 Å². The Morgan fingerprint density at radius 3 is 2.65 bits per heavy atom. The van der Waals surface area contributed by atoms with Crippen LogP contribution >= 0.6 is 31.9 Å². The minimum Gasteiger partial charge on any atom is -0.292 e. The summed E-state index contributed by atoms with van der Waals surface area (Å²) in [4.78, 5) is 16.5. The van der Waals surface area contributed by atoms with Gasteiger partial charge in [-0.25, -0.2) is 0 Å². The van der Waals surface area contributed by atoms with Crippen molar-refractivity contribution in [1.29, 1.82) is 0 Å². The van der Waals surface area contributed by atoms with Crippen molar-refractivity contribution in [3.05, 3.63) is 44.4 Å². The van der Waals surface area contributed by atoms with Gasteiger partial charge in [0.25, 0.3) is 0 Å². The van der Waals surface area contributed by atoms with E-state index in [1.165, 1.54) is 0 Å². The quantitative estimate of drug-likeness (QED) is 0.717. The lowest BCUT2D eigenvalue weighted by Crippen LogP contribution is -2.11. The van der Waals surface area contributed by atoms with E-state index >= 15 is 0 Å². The predicted octanol–water partition coefficient (Wildman–Crippen LogP) is 3.81. The molecule has 0 aromatic carbocycles. The first-order valence-corrected chi connectivity index (χ1v) is 8.03. The van der Waals surface area contributed by atoms with E-state index in [2.05, 4.69) is 48.9 Å². The van der Waals surface area contributed by atoms with Gasteiger partial charge in [0, 0.05) is 27.4 Å². The zero-order chi connectivity index (χ0) is 14.7. The number of carbonyl (C=O) groups is 1. The lowest BCUT2D eigenvalue weighted by atomic mass is 10.1. The molecule has 0 saturated carbocycles. The van der Waals surface area contributed by atoms with Crippen molar-refractivity contribution < 1.29 is 4.79 Å². The number of hydrogen-bond donors (Lipinski definition) is 0. The van der Waals surface area contributed by atoms with Crippen LogP contribution < -0.4 is 0 Å². The van der Waals surface area contributed by atoms with E-state index in [9.17, 15) is 4.79 Å². The number of nitrogens with zero attached hydrogens (tertiary/aromatic N) is 3. The summed E-state index contributed by atoms with van der Waals surface area (Å²) in [5.41, 5.74) is 2.40. The van der Waals surface area contributed by atoms with Gasteiger partial charge in [-0.2, -0.15) is 5.10 Å². The van der Waals surface area contributed by atoms with Gasteiger partial charge in [-0.15, -0.1) is 0 Å². The van der Waals surface area contributed by atoms with Crippen molar-refractivity contribution in [3.63, 3.8) is 0 Å². The molecule has 2 aromatic heterocycles. The zero-order valence-corrected chi connectivity index (χ0v) is 14.5. The van der Waals surface area contributed by atoms with Gasteiger partial charge >= 0.3 is 0 Å². The molecular weight excluding hydrogens is 386 g/mol. The van der Waals surface area contributed by atoms with Crippen LogP contribution in [-0.2, 0) is 19.4 Å². The monoisotopic (exact) mass is 399 g/mol. The van der Waals surface area contributed by atoms with Gasteiger partial charge in [-0.3, -0.25) is 14.5 Å². The lowest BCUT2D eigenvalue weighted by Gasteiger charge is -2.05. The van der Waals surface area contributed by atoms with Gasteiger partial charge in [0.15, 0.2) is 5.78 Å². The van der Waals surface area contributed by atoms with Crippen molar-refractivity contribution in [2.75, 3.05) is 0 Å². The van der Waals surface area contributed by atoms with Crippen LogP contribution in [0.2, 0.25) is 0 Å². The number of pyridine rings is 1. The molecule has 0 unspecified atom stereocenters. The molecule has 0 bridgehead atoms. The van der Waals surface area contributed by atoms with E-state index in [4.69, 9.17) is 0 Å². The third kappa shape index (κ3) is 3.35. The summed E-state index contributed by atoms with van der Waals surface area (Å²) in [7, 11) is 0. The number of halogens is 2. The Bertz CT molecular complexity index is 637. The summed E-state index contributed by atoms with van der Waals surface area (Å²) in [6, 6.07) is 3.82. The van der Waals surface area contributed by atoms with E-state index in [0.29, 0.717) is 16.6 Å². The molecule has 106 valence electrons. The van der Waals surface area contributed by atoms with Gasteiger partial charge in [0.05, 0.1) is 12.1 Å². The second kappa shape index (κ2) is 6.63. The summed E-state index contributed by atoms with van der Waals surface area (Å²) in [5.74, 6) is -0.0124. The largest absolute Gasteiger partial charge is 0.292 e. The molecule has 4 nitrogen and oxygen atoms in total. The Hall–Kier alpha value is -1.01. The Balaban J connectivity index is 2.25. The third-order valence-corrected chi connectivity index (χ3v) is 4.03. The average molecular weight is 401 g/mol. The topological polar surface area (TPSA) is 47.8 Å². The predicted molar refractivity (Wildman–Crippen MR) is 85.0 cm³/mol. The van der Waals surface area contributed by atoms with Gasteiger partial charge in [-0.05, 0) is 57.3 Å². The highest BCUT2D eigenvalue weighted by Gasteiger charge is 2.16. The highest BCUT2D eigenvalue weighted by Crippen LogP contribution is 2.21. The van der Waals surface area contributed by atoms with Crippen molar-refractivity contribution in [1.82, 2.24) is 14.8 Å². The van der Waals surface area contributed by atoms with Crippen LogP contribution in [0.3, 0.4) is 0 Å². The van der Waals surface area contributed by atoms with Crippen LogP contribution in [0.5, 0.6) is 0 Å². The van der Waals surface area contributed by atoms with Crippen molar-refractivity contribution >= 4 is 37.6 Å². The van der Waals surface area contributed by atoms with Crippen LogP contribution in [0.1, 0.15) is 35.7 Å². The van der Waals surface area contributed by atoms with E-state index < -0.39 is 0 Å². The zero-order valence-electron chi connectivity index (χ0n) is 11.4. The van der Waals surface area contributed by atoms with Crippen LogP contribution in [-0.4, -0.2) is 20.5 Å². The number of aromatic nitrogens is 3. The van der Waals surface area contributed by atoms with Crippen molar-refractivity contribution in [2.45, 2.75) is 33.2 Å². The van der Waals surface area contributed by atoms with Crippen LogP contribution in [0.25, 0.3) is 0 Å². The van der Waals surface area contributed by atoms with Crippen molar-refractivity contribution in [2.24, 2.45) is 0 Å². The average Bonchev–Trinajstić information content (AvgIpc) is 2.80. The van der Waals surface area contributed by atoms with E-state index in [-0.39, 0.29) is 5.78 Å². The number of carbonyl (C=O) groups excluding carboxylic acids is 1. The molecule has 6 heteroatoms. The highest BCUT2D eigenvalue weighted by atomic mass is 79.9. The molecule has 2 aromatic rings. The maximum atomic E-state index is 12.4. The summed E-state index contributed by atoms with van der Waals surface area (Å²) in [5, 5.41) is 4.46. The first-order chi connectivity index (χ1) is 9.55. The van der Waals surface area contributed by atoms with Crippen molar-refractivity contribution in [3.8, 4) is 0 Å². The molecule has 0 aliphatic heterocycles. The molecule has 0 N–H and O–H groups in total. The minimum atomic E-state index is -0.0124. The smallest absolute Gasteiger partial charge is 0.188 e. The maximum absolute atomic E-state index is 12.4. The highest BCUT2D eigenvalue weighted by molar-refractivity contribution is 9.11. The number of Topliss-reactive ketones (excluding diaryl/α,β-unsaturated/α-hetero) is 1. The molecule has 0 amide bonds. The van der Waals surface area contributed by atoms with Gasteiger partial charge in [-0.1, -0.05) is 6.92 Å². The molecular formula is C14H15Br2N3O. The van der Waals surface area contributed by atoms with Gasteiger partial charge < -0.3 is 0 Å². The molecule has 0 radical (unpaired) electrons. The first-order valence-electron chi connectivity index (χ1n) is 6.45. The molecule has 2 heterocycles. The molecule has 0 fully saturated rings. The number of ketones is 1. The lowest BCUT2D eigenvalue weighted by molar-refractivity contribution is 0.0985. The number of hydrogen-bond acceptors (Lipinski definition) is 3. The SMILES string of the molecule is CCc1cc(CC(=O)c2ncc(Br)cc2Br)n(CC)n1. The summed E-state index contributed by atoms with van der Waals surface area (Å²) in [6.07, 6.45) is 2.81. The Kier molecular flexibility index (Phi) is 5.10. The molecule has 20 heavy (non-hydrogen) atoms. The Morgan fingerprint density at radius 2 is 2.05 bits per heavy atom. The Morgan fingerprint density at radius 1 is 1.30 bits per heavy atom. The minimum absolute atomic E-state index is 0.0124. The Labute approximate surface area is 134 Å². The normalized spacial score (nSPS) is 10.8. The molecule has 0 saturated heterocycles. The molecule has 0 atom stereocenters. The van der Waals surface area contributed by atoms with Crippen LogP contribution in [0, 0.1) is 0 Å². The summed E-state index contributed by atoms with van der Waals surface area (Å²) >= 11 is 6.71. The molecule has 0 spiro atoms. The van der Waals surface area contributed by atoms with E-state index in [1.54, 1.807) is 6.20 Å². The third-order valence-electron chi connectivity index (χ3n) is 2.99.